The van der Waals surface area contributed by atoms with Gasteiger partial charge >= 0.3 is 5.97 Å². The van der Waals surface area contributed by atoms with E-state index in [-0.39, 0.29) is 11.1 Å². The number of fused-ring (bicyclic) bond motifs is 1. The maximum Gasteiger partial charge on any atom is 0.340 e. The number of methoxy groups -OCH3 is 1. The summed E-state index contributed by atoms with van der Waals surface area (Å²) in [5.74, 6) is -0.654. The molecule has 0 atom stereocenters. The van der Waals surface area contributed by atoms with E-state index in [1.54, 1.807) is 13.8 Å². The highest BCUT2D eigenvalue weighted by atomic mass is 16.5. The lowest BCUT2D eigenvalue weighted by molar-refractivity contribution is 0.0597. The summed E-state index contributed by atoms with van der Waals surface area (Å²) in [7, 11) is 1.28. The van der Waals surface area contributed by atoms with Gasteiger partial charge in [-0.15, -0.1) is 0 Å². The molecule has 23 heavy (non-hydrogen) atoms. The van der Waals surface area contributed by atoms with Crippen molar-refractivity contribution in [3.05, 3.63) is 46.8 Å². The zero-order chi connectivity index (χ0) is 16.6. The first-order valence-corrected chi connectivity index (χ1v) is 7.05. The molecular weight excluding hydrogens is 296 g/mol. The number of ether oxygens (including phenoxy) is 1. The van der Waals surface area contributed by atoms with Crippen molar-refractivity contribution in [3.63, 3.8) is 0 Å². The molecule has 2 aromatic heterocycles. The summed E-state index contributed by atoms with van der Waals surface area (Å²) < 4.78 is 4.76. The Bertz CT molecular complexity index is 874. The van der Waals surface area contributed by atoms with Gasteiger partial charge in [0.1, 0.15) is 0 Å². The molecule has 7 nitrogen and oxygen atoms in total. The Balaban J connectivity index is 1.96. The third kappa shape index (κ3) is 2.57. The maximum atomic E-state index is 12.6. The molecule has 0 fully saturated rings. The van der Waals surface area contributed by atoms with E-state index < -0.39 is 11.9 Å². The highest BCUT2D eigenvalue weighted by Gasteiger charge is 2.25. The first-order valence-electron chi connectivity index (χ1n) is 7.05. The first-order chi connectivity index (χ1) is 11.0. The van der Waals surface area contributed by atoms with Crippen molar-refractivity contribution in [3.8, 4) is 0 Å². The quantitative estimate of drug-likeness (QED) is 0.647. The second-order valence-electron chi connectivity index (χ2n) is 5.17. The minimum absolute atomic E-state index is 0.235. The Labute approximate surface area is 132 Å². The van der Waals surface area contributed by atoms with Gasteiger partial charge in [0.05, 0.1) is 29.3 Å². The number of hydrogen-bond donors (Lipinski definition) is 3. The fourth-order valence-corrected chi connectivity index (χ4v) is 2.60. The van der Waals surface area contributed by atoms with E-state index in [9.17, 15) is 9.59 Å². The van der Waals surface area contributed by atoms with Gasteiger partial charge in [0.25, 0.3) is 5.91 Å². The van der Waals surface area contributed by atoms with E-state index in [4.69, 9.17) is 4.74 Å². The van der Waals surface area contributed by atoms with Crippen molar-refractivity contribution in [1.82, 2.24) is 15.0 Å². The van der Waals surface area contributed by atoms with Gasteiger partial charge in [-0.05, 0) is 26.0 Å². The van der Waals surface area contributed by atoms with Crippen molar-refractivity contribution < 1.29 is 14.3 Å². The highest BCUT2D eigenvalue weighted by Crippen LogP contribution is 2.21. The number of imidazole rings is 1. The number of nitrogens with one attached hydrogen (secondary N) is 3. The summed E-state index contributed by atoms with van der Waals surface area (Å²) in [5.41, 5.74) is 3.24. The molecule has 2 heterocycles. The number of hydrogen-bond acceptors (Lipinski definition) is 4. The standard InChI is InChI=1S/C16H16N4O3/c1-8-12(13(9(2)17-8)15(22)23-3)14(21)20-16-18-10-6-4-5-7-11(10)19-16/h4-7,17H,1-3H3,(H2,18,19,20,21). The van der Waals surface area contributed by atoms with Crippen LogP contribution in [-0.2, 0) is 4.74 Å². The van der Waals surface area contributed by atoms with Crippen LogP contribution in [0.2, 0.25) is 0 Å². The fraction of sp³-hybridized carbons (Fsp3) is 0.188. The van der Waals surface area contributed by atoms with Crippen molar-refractivity contribution >= 4 is 28.9 Å². The lowest BCUT2D eigenvalue weighted by atomic mass is 10.1. The number of anilines is 1. The molecule has 0 aliphatic carbocycles. The Morgan fingerprint density at radius 1 is 1.09 bits per heavy atom. The number of aryl methyl sites for hydroxylation is 2. The molecule has 0 radical (unpaired) electrons. The lowest BCUT2D eigenvalue weighted by Crippen LogP contribution is -2.17. The number of benzene rings is 1. The van der Waals surface area contributed by atoms with Crippen LogP contribution in [0.1, 0.15) is 32.1 Å². The monoisotopic (exact) mass is 312 g/mol. The number of aromatic amines is 2. The van der Waals surface area contributed by atoms with Crippen LogP contribution in [0.15, 0.2) is 24.3 Å². The largest absolute Gasteiger partial charge is 0.465 e. The second kappa shape index (κ2) is 5.60. The fourth-order valence-electron chi connectivity index (χ4n) is 2.60. The normalized spacial score (nSPS) is 10.7. The highest BCUT2D eigenvalue weighted by molar-refractivity contribution is 6.12. The van der Waals surface area contributed by atoms with Crippen LogP contribution in [0.3, 0.4) is 0 Å². The van der Waals surface area contributed by atoms with Gasteiger partial charge < -0.3 is 14.7 Å². The molecule has 1 amide bonds. The second-order valence-corrected chi connectivity index (χ2v) is 5.17. The van der Waals surface area contributed by atoms with Crippen LogP contribution in [0.4, 0.5) is 5.95 Å². The number of nitrogens with zero attached hydrogens (tertiary/aromatic N) is 1. The zero-order valence-corrected chi connectivity index (χ0v) is 13.0. The third-order valence-corrected chi connectivity index (χ3v) is 3.61. The van der Waals surface area contributed by atoms with Gasteiger partial charge in [-0.25, -0.2) is 9.78 Å². The maximum absolute atomic E-state index is 12.6. The molecule has 1 aromatic carbocycles. The SMILES string of the molecule is COC(=O)c1c(C)[nH]c(C)c1C(=O)Nc1nc2ccccc2[nH]1. The molecule has 3 rings (SSSR count). The van der Waals surface area contributed by atoms with E-state index in [0.717, 1.165) is 11.0 Å². The number of para-hydroxylation sites is 2. The predicted molar refractivity (Wildman–Crippen MR) is 85.7 cm³/mol. The first kappa shape index (κ1) is 14.8. The molecule has 7 heteroatoms. The van der Waals surface area contributed by atoms with Gasteiger partial charge in [0, 0.05) is 11.4 Å². The summed E-state index contributed by atoms with van der Waals surface area (Å²) in [6.45, 7) is 3.45. The average molecular weight is 312 g/mol. The molecular formula is C16H16N4O3. The number of rotatable bonds is 3. The predicted octanol–water partition coefficient (Wildman–Crippen LogP) is 2.55. The van der Waals surface area contributed by atoms with Gasteiger partial charge in [-0.2, -0.15) is 0 Å². The summed E-state index contributed by atoms with van der Waals surface area (Å²) in [5, 5.41) is 2.69. The molecule has 0 saturated heterocycles. The number of carbonyl (C=O) groups excluding carboxylic acids is 2. The van der Waals surface area contributed by atoms with E-state index in [1.165, 1.54) is 7.11 Å². The minimum Gasteiger partial charge on any atom is -0.465 e. The van der Waals surface area contributed by atoms with Crippen LogP contribution < -0.4 is 5.32 Å². The number of H-pyrrole nitrogens is 2. The van der Waals surface area contributed by atoms with Crippen LogP contribution >= 0.6 is 0 Å². The molecule has 0 saturated carbocycles. The molecule has 0 aliphatic heterocycles. The van der Waals surface area contributed by atoms with Crippen LogP contribution in [-0.4, -0.2) is 33.9 Å². The lowest BCUT2D eigenvalue weighted by Gasteiger charge is -2.05. The van der Waals surface area contributed by atoms with E-state index in [1.807, 2.05) is 24.3 Å². The topological polar surface area (TPSA) is 99.9 Å². The van der Waals surface area contributed by atoms with Crippen molar-refractivity contribution in [1.29, 1.82) is 0 Å². The zero-order valence-electron chi connectivity index (χ0n) is 13.0. The summed E-state index contributed by atoms with van der Waals surface area (Å²) >= 11 is 0. The van der Waals surface area contributed by atoms with Crippen LogP contribution in [0.5, 0.6) is 0 Å². The van der Waals surface area contributed by atoms with Crippen molar-refractivity contribution in [2.24, 2.45) is 0 Å². The molecule has 118 valence electrons. The van der Waals surface area contributed by atoms with E-state index in [0.29, 0.717) is 17.3 Å². The third-order valence-electron chi connectivity index (χ3n) is 3.61. The summed E-state index contributed by atoms with van der Waals surface area (Å²) in [4.78, 5) is 34.8. The molecule has 0 spiro atoms. The van der Waals surface area contributed by atoms with Crippen molar-refractivity contribution in [2.45, 2.75) is 13.8 Å². The van der Waals surface area contributed by atoms with Gasteiger partial charge in [-0.1, -0.05) is 12.1 Å². The minimum atomic E-state index is -0.554. The Morgan fingerprint density at radius 3 is 2.48 bits per heavy atom. The van der Waals surface area contributed by atoms with Crippen LogP contribution in [0.25, 0.3) is 11.0 Å². The Morgan fingerprint density at radius 2 is 1.78 bits per heavy atom. The molecule has 0 bridgehead atoms. The van der Waals surface area contributed by atoms with Gasteiger partial charge in [0.2, 0.25) is 5.95 Å². The Kier molecular flexibility index (Phi) is 3.61. The summed E-state index contributed by atoms with van der Waals surface area (Å²) in [6.07, 6.45) is 0. The van der Waals surface area contributed by atoms with Gasteiger partial charge in [-0.3, -0.25) is 10.1 Å². The average Bonchev–Trinajstić information content (AvgIpc) is 3.05. The molecule has 0 unspecified atom stereocenters. The Hall–Kier alpha value is -3.09. The number of carbonyl (C=O) groups is 2. The number of aromatic nitrogens is 3. The summed E-state index contributed by atoms with van der Waals surface area (Å²) in [6, 6.07) is 7.45. The number of esters is 1. The van der Waals surface area contributed by atoms with E-state index in [2.05, 4.69) is 20.3 Å². The smallest absolute Gasteiger partial charge is 0.340 e. The van der Waals surface area contributed by atoms with Crippen LogP contribution in [0, 0.1) is 13.8 Å². The molecule has 3 aromatic rings. The molecule has 0 aliphatic rings. The van der Waals surface area contributed by atoms with Gasteiger partial charge in [0.15, 0.2) is 0 Å². The molecule has 3 N–H and O–H groups in total. The van der Waals surface area contributed by atoms with E-state index >= 15 is 0 Å². The van der Waals surface area contributed by atoms with Crippen molar-refractivity contribution in [2.75, 3.05) is 12.4 Å². The number of amides is 1.